The maximum atomic E-state index is 13.4. The molecule has 3 aromatic rings. The summed E-state index contributed by atoms with van der Waals surface area (Å²) in [5.41, 5.74) is 6.47. The molecule has 0 saturated carbocycles. The minimum Gasteiger partial charge on any atom is -0.478 e. The van der Waals surface area contributed by atoms with Crippen LogP contribution in [0.2, 0.25) is 0 Å². The molecule has 4 nitrogen and oxygen atoms in total. The van der Waals surface area contributed by atoms with E-state index >= 15 is 0 Å². The van der Waals surface area contributed by atoms with Gasteiger partial charge in [0, 0.05) is 21.3 Å². The molecule has 0 aliphatic heterocycles. The van der Waals surface area contributed by atoms with Crippen LogP contribution in [-0.4, -0.2) is 22.6 Å². The van der Waals surface area contributed by atoms with E-state index in [2.05, 4.69) is 5.48 Å². The van der Waals surface area contributed by atoms with Crippen LogP contribution < -0.4 is 10.3 Å². The Morgan fingerprint density at radius 1 is 0.935 bits per heavy atom. The predicted molar refractivity (Wildman–Crippen MR) is 126 cm³/mol. The number of anilines is 1. The third kappa shape index (κ3) is 6.42. The topological polar surface area (TPSA) is 58.6 Å². The molecule has 0 unspecified atom stereocenters. The van der Waals surface area contributed by atoms with Crippen LogP contribution in [0.4, 0.5) is 10.1 Å². The summed E-state index contributed by atoms with van der Waals surface area (Å²) in [5.74, 6) is 1.14. The summed E-state index contributed by atoms with van der Waals surface area (Å²) in [4.78, 5) is 19.0. The molecule has 2 N–H and O–H groups in total. The van der Waals surface area contributed by atoms with E-state index in [4.69, 9.17) is 4.84 Å². The molecule has 7 heteroatoms. The molecule has 0 aliphatic carbocycles. The first-order valence-electron chi connectivity index (χ1n) is 9.72. The van der Waals surface area contributed by atoms with Crippen LogP contribution in [0.15, 0.2) is 64.4 Å². The second kappa shape index (κ2) is 10.6. The first-order chi connectivity index (χ1) is 14.8. The van der Waals surface area contributed by atoms with E-state index in [9.17, 15) is 14.3 Å². The Balaban J connectivity index is 1.47. The third-order valence-corrected chi connectivity index (χ3v) is 7.22. The first kappa shape index (κ1) is 23.0. The van der Waals surface area contributed by atoms with Gasteiger partial charge in [-0.1, -0.05) is 6.07 Å². The van der Waals surface area contributed by atoms with Crippen molar-refractivity contribution in [3.05, 3.63) is 82.7 Å². The lowest BCUT2D eigenvalue weighted by atomic mass is 10.1. The smallest absolute Gasteiger partial charge is 0.336 e. The number of nitrogens with one attached hydrogen (secondary N) is 1. The molecule has 0 aromatic heterocycles. The van der Waals surface area contributed by atoms with Gasteiger partial charge in [-0.05, 0) is 86.0 Å². The molecule has 31 heavy (non-hydrogen) atoms. The Kier molecular flexibility index (Phi) is 7.87. The Labute approximate surface area is 190 Å². The van der Waals surface area contributed by atoms with E-state index < -0.39 is 5.97 Å². The standard InChI is InChI=1S/C24H24FNO3S2/c1-15-4-7-20(14-22(15)24(27)28)29-26-19-5-8-21(9-6-19)30-10-11-31-23-16(2)12-18(25)13-17(23)3/h4-9,12-14,26H,10-11H2,1-3H3,(H,27,28). The summed E-state index contributed by atoms with van der Waals surface area (Å²) in [6.07, 6.45) is 0. The predicted octanol–water partition coefficient (Wildman–Crippen LogP) is 6.74. The van der Waals surface area contributed by atoms with Crippen LogP contribution in [-0.2, 0) is 0 Å². The third-order valence-electron chi connectivity index (χ3n) is 4.60. The Morgan fingerprint density at radius 3 is 2.23 bits per heavy atom. The largest absolute Gasteiger partial charge is 0.478 e. The highest BCUT2D eigenvalue weighted by Gasteiger charge is 2.09. The van der Waals surface area contributed by atoms with Crippen molar-refractivity contribution < 1.29 is 19.1 Å². The number of carbonyl (C=O) groups is 1. The summed E-state index contributed by atoms with van der Waals surface area (Å²) in [7, 11) is 0. The van der Waals surface area contributed by atoms with Crippen LogP contribution >= 0.6 is 23.5 Å². The van der Waals surface area contributed by atoms with Crippen molar-refractivity contribution >= 4 is 35.2 Å². The minimum atomic E-state index is -0.979. The van der Waals surface area contributed by atoms with Gasteiger partial charge in [0.2, 0.25) is 0 Å². The fraction of sp³-hybridized carbons (Fsp3) is 0.208. The highest BCUT2D eigenvalue weighted by molar-refractivity contribution is 8.03. The SMILES string of the molecule is Cc1ccc(ONc2ccc(SCCSc3c(C)cc(F)cc3C)cc2)cc1C(=O)O. The van der Waals surface area contributed by atoms with Crippen LogP contribution in [0.1, 0.15) is 27.0 Å². The number of aryl methyl sites for hydroxylation is 3. The van der Waals surface area contributed by atoms with Gasteiger partial charge in [-0.15, -0.1) is 23.5 Å². The van der Waals surface area contributed by atoms with E-state index in [0.29, 0.717) is 11.3 Å². The molecule has 3 aromatic carbocycles. The van der Waals surface area contributed by atoms with Gasteiger partial charge in [0.1, 0.15) is 5.82 Å². The second-order valence-electron chi connectivity index (χ2n) is 7.08. The number of carboxylic acid groups (broad SMARTS) is 1. The molecule has 0 heterocycles. The van der Waals surface area contributed by atoms with E-state index in [1.54, 1.807) is 54.7 Å². The lowest BCUT2D eigenvalue weighted by Crippen LogP contribution is -2.06. The van der Waals surface area contributed by atoms with E-state index in [1.165, 1.54) is 6.07 Å². The van der Waals surface area contributed by atoms with Gasteiger partial charge in [-0.3, -0.25) is 0 Å². The average Bonchev–Trinajstić information content (AvgIpc) is 2.72. The zero-order valence-electron chi connectivity index (χ0n) is 17.6. The van der Waals surface area contributed by atoms with Crippen molar-refractivity contribution in [1.82, 2.24) is 0 Å². The van der Waals surface area contributed by atoms with E-state index in [0.717, 1.165) is 38.1 Å². The number of aromatic carboxylic acids is 1. The highest BCUT2D eigenvalue weighted by atomic mass is 32.2. The lowest BCUT2D eigenvalue weighted by molar-refractivity contribution is 0.0695. The summed E-state index contributed by atoms with van der Waals surface area (Å²) in [6, 6.07) is 15.9. The number of thioether (sulfide) groups is 2. The normalized spacial score (nSPS) is 10.7. The minimum absolute atomic E-state index is 0.184. The summed E-state index contributed by atoms with van der Waals surface area (Å²) < 4.78 is 13.4. The van der Waals surface area contributed by atoms with Crippen molar-refractivity contribution in [2.75, 3.05) is 17.0 Å². The molecule has 0 saturated heterocycles. The quantitative estimate of drug-likeness (QED) is 0.211. The fourth-order valence-electron chi connectivity index (χ4n) is 3.06. The number of halogens is 1. The number of hydrogen-bond donors (Lipinski definition) is 2. The maximum absolute atomic E-state index is 13.4. The number of rotatable bonds is 9. The van der Waals surface area contributed by atoms with Crippen LogP contribution in [0.3, 0.4) is 0 Å². The summed E-state index contributed by atoms with van der Waals surface area (Å²) in [6.45, 7) is 5.63. The van der Waals surface area contributed by atoms with Crippen molar-refractivity contribution in [2.24, 2.45) is 0 Å². The van der Waals surface area contributed by atoms with E-state index in [1.807, 2.05) is 38.1 Å². The number of hydrogen-bond acceptors (Lipinski definition) is 5. The fourth-order valence-corrected chi connectivity index (χ4v) is 5.07. The number of carboxylic acids is 1. The number of benzene rings is 3. The molecule has 162 valence electrons. The van der Waals surface area contributed by atoms with Crippen molar-refractivity contribution in [3.63, 3.8) is 0 Å². The van der Waals surface area contributed by atoms with Gasteiger partial charge >= 0.3 is 5.97 Å². The summed E-state index contributed by atoms with van der Waals surface area (Å²) >= 11 is 3.51. The van der Waals surface area contributed by atoms with Crippen LogP contribution in [0.25, 0.3) is 0 Å². The van der Waals surface area contributed by atoms with Gasteiger partial charge in [-0.2, -0.15) is 0 Å². The average molecular weight is 458 g/mol. The van der Waals surface area contributed by atoms with Gasteiger partial charge in [0.05, 0.1) is 11.3 Å². The summed E-state index contributed by atoms with van der Waals surface area (Å²) in [5, 5.41) is 9.20. The lowest BCUT2D eigenvalue weighted by Gasteiger charge is -2.11. The molecule has 0 atom stereocenters. The zero-order valence-corrected chi connectivity index (χ0v) is 19.2. The second-order valence-corrected chi connectivity index (χ2v) is 9.35. The Morgan fingerprint density at radius 2 is 1.58 bits per heavy atom. The molecule has 0 aliphatic rings. The molecule has 0 radical (unpaired) electrons. The van der Waals surface area contributed by atoms with E-state index in [-0.39, 0.29) is 11.4 Å². The molecule has 0 amide bonds. The Bertz CT molecular complexity index is 1050. The molecule has 0 fully saturated rings. The van der Waals surface area contributed by atoms with Crippen LogP contribution in [0, 0.1) is 26.6 Å². The highest BCUT2D eigenvalue weighted by Crippen LogP contribution is 2.29. The van der Waals surface area contributed by atoms with Gasteiger partial charge in [0.25, 0.3) is 0 Å². The molecular formula is C24H24FNO3S2. The first-order valence-corrected chi connectivity index (χ1v) is 11.7. The molecule has 3 rings (SSSR count). The van der Waals surface area contributed by atoms with Gasteiger partial charge < -0.3 is 9.94 Å². The zero-order chi connectivity index (χ0) is 22.4. The molecule has 0 spiro atoms. The van der Waals surface area contributed by atoms with Crippen LogP contribution in [0.5, 0.6) is 5.75 Å². The van der Waals surface area contributed by atoms with Gasteiger partial charge in [0.15, 0.2) is 5.75 Å². The monoisotopic (exact) mass is 457 g/mol. The Hall–Kier alpha value is -2.64. The van der Waals surface area contributed by atoms with Crippen molar-refractivity contribution in [2.45, 2.75) is 30.6 Å². The maximum Gasteiger partial charge on any atom is 0.336 e. The van der Waals surface area contributed by atoms with Gasteiger partial charge in [-0.25, -0.2) is 14.7 Å². The van der Waals surface area contributed by atoms with Crippen molar-refractivity contribution in [3.8, 4) is 5.75 Å². The molecule has 0 bridgehead atoms. The van der Waals surface area contributed by atoms with Crippen molar-refractivity contribution in [1.29, 1.82) is 0 Å². The molecular weight excluding hydrogens is 433 g/mol.